The molecule has 4 nitrogen and oxygen atoms in total. The van der Waals surface area contributed by atoms with Crippen LogP contribution in [-0.4, -0.2) is 36.0 Å². The summed E-state index contributed by atoms with van der Waals surface area (Å²) in [5, 5.41) is 6.66. The Morgan fingerprint density at radius 1 is 1.24 bits per heavy atom. The highest BCUT2D eigenvalue weighted by Crippen LogP contribution is 2.34. The zero-order valence-corrected chi connectivity index (χ0v) is 12.6. The summed E-state index contributed by atoms with van der Waals surface area (Å²) in [4.78, 5) is 14.9. The molecule has 4 rings (SSSR count). The Morgan fingerprint density at radius 2 is 2.14 bits per heavy atom. The van der Waals surface area contributed by atoms with Gasteiger partial charge in [0.2, 0.25) is 5.91 Å². The molecule has 0 aromatic heterocycles. The summed E-state index contributed by atoms with van der Waals surface area (Å²) in [7, 11) is 0. The van der Waals surface area contributed by atoms with Crippen LogP contribution in [0.5, 0.6) is 0 Å². The third kappa shape index (κ3) is 2.27. The molecule has 3 atom stereocenters. The second-order valence-corrected chi connectivity index (χ2v) is 6.67. The number of piperidine rings is 1. The fraction of sp³-hybridized carbons (Fsp3) is 0.588. The van der Waals surface area contributed by atoms with Crippen molar-refractivity contribution in [1.82, 2.24) is 10.2 Å². The van der Waals surface area contributed by atoms with Gasteiger partial charge in [-0.15, -0.1) is 0 Å². The topological polar surface area (TPSA) is 44.4 Å². The first kappa shape index (κ1) is 13.3. The molecule has 0 spiro atoms. The predicted molar refractivity (Wildman–Crippen MR) is 83.3 cm³/mol. The molecule has 3 aliphatic rings. The van der Waals surface area contributed by atoms with E-state index in [1.54, 1.807) is 0 Å². The Balaban J connectivity index is 1.55. The number of aryl methyl sites for hydroxylation is 1. The smallest absolute Gasteiger partial charge is 0.246 e. The minimum Gasteiger partial charge on any atom is -0.324 e. The summed E-state index contributed by atoms with van der Waals surface area (Å²) in [5.41, 5.74) is 3.30. The molecule has 1 amide bonds. The summed E-state index contributed by atoms with van der Waals surface area (Å²) in [6.45, 7) is 4.49. The first-order valence-corrected chi connectivity index (χ1v) is 8.14. The van der Waals surface area contributed by atoms with Crippen molar-refractivity contribution in [3.05, 3.63) is 29.3 Å². The fourth-order valence-electron chi connectivity index (χ4n) is 4.20. The van der Waals surface area contributed by atoms with E-state index in [0.717, 1.165) is 17.7 Å². The number of carbonyl (C=O) groups is 1. The normalized spacial score (nSPS) is 31.9. The SMILES string of the molecule is Cc1ccc2c(c1)C(NC1CCN3CCCCC13)C(=O)N2. The van der Waals surface area contributed by atoms with Gasteiger partial charge in [0.1, 0.15) is 6.04 Å². The van der Waals surface area contributed by atoms with Crippen LogP contribution in [0.15, 0.2) is 18.2 Å². The van der Waals surface area contributed by atoms with Crippen molar-refractivity contribution < 1.29 is 4.79 Å². The molecule has 2 fully saturated rings. The molecule has 3 unspecified atom stereocenters. The van der Waals surface area contributed by atoms with Crippen LogP contribution >= 0.6 is 0 Å². The van der Waals surface area contributed by atoms with Crippen molar-refractivity contribution in [2.45, 2.75) is 50.7 Å². The van der Waals surface area contributed by atoms with E-state index in [1.807, 2.05) is 6.07 Å². The van der Waals surface area contributed by atoms with E-state index in [9.17, 15) is 4.79 Å². The average Bonchev–Trinajstić information content (AvgIpc) is 3.02. The van der Waals surface area contributed by atoms with Crippen molar-refractivity contribution in [1.29, 1.82) is 0 Å². The molecule has 1 aromatic carbocycles. The number of benzene rings is 1. The van der Waals surface area contributed by atoms with E-state index in [4.69, 9.17) is 0 Å². The number of anilines is 1. The Hall–Kier alpha value is -1.39. The molecule has 0 bridgehead atoms. The number of nitrogens with one attached hydrogen (secondary N) is 2. The Kier molecular flexibility index (Phi) is 3.23. The number of carbonyl (C=O) groups excluding carboxylic acids is 1. The minimum absolute atomic E-state index is 0.102. The fourth-order valence-corrected chi connectivity index (χ4v) is 4.20. The number of fused-ring (bicyclic) bond motifs is 2. The van der Waals surface area contributed by atoms with E-state index >= 15 is 0 Å². The van der Waals surface area contributed by atoms with Gasteiger partial charge in [-0.2, -0.15) is 0 Å². The summed E-state index contributed by atoms with van der Waals surface area (Å²) >= 11 is 0. The lowest BCUT2D eigenvalue weighted by Gasteiger charge is -2.33. The minimum atomic E-state index is -0.174. The van der Waals surface area contributed by atoms with Gasteiger partial charge in [0.05, 0.1) is 0 Å². The van der Waals surface area contributed by atoms with E-state index in [2.05, 4.69) is 34.6 Å². The second kappa shape index (κ2) is 5.11. The zero-order valence-electron chi connectivity index (χ0n) is 12.6. The van der Waals surface area contributed by atoms with E-state index in [1.165, 1.54) is 37.9 Å². The maximum Gasteiger partial charge on any atom is 0.246 e. The maximum atomic E-state index is 12.3. The van der Waals surface area contributed by atoms with E-state index in [-0.39, 0.29) is 11.9 Å². The molecule has 3 aliphatic heterocycles. The molecule has 2 saturated heterocycles. The second-order valence-electron chi connectivity index (χ2n) is 6.67. The van der Waals surface area contributed by atoms with Gasteiger partial charge in [-0.05, 0) is 38.8 Å². The number of rotatable bonds is 2. The lowest BCUT2D eigenvalue weighted by molar-refractivity contribution is -0.117. The molecule has 112 valence electrons. The third-order valence-corrected chi connectivity index (χ3v) is 5.27. The van der Waals surface area contributed by atoms with Crippen LogP contribution in [0.1, 0.15) is 42.9 Å². The monoisotopic (exact) mass is 285 g/mol. The highest BCUT2D eigenvalue weighted by atomic mass is 16.2. The van der Waals surface area contributed by atoms with Crippen LogP contribution in [0.4, 0.5) is 5.69 Å². The van der Waals surface area contributed by atoms with Gasteiger partial charge in [0.15, 0.2) is 0 Å². The van der Waals surface area contributed by atoms with Crippen molar-refractivity contribution in [3.63, 3.8) is 0 Å². The summed E-state index contributed by atoms with van der Waals surface area (Å²) in [6.07, 6.45) is 5.09. The van der Waals surface area contributed by atoms with Gasteiger partial charge in [-0.1, -0.05) is 24.1 Å². The van der Waals surface area contributed by atoms with Gasteiger partial charge in [-0.25, -0.2) is 0 Å². The predicted octanol–water partition coefficient (Wildman–Crippen LogP) is 2.20. The average molecular weight is 285 g/mol. The van der Waals surface area contributed by atoms with E-state index in [0.29, 0.717) is 12.1 Å². The van der Waals surface area contributed by atoms with Gasteiger partial charge >= 0.3 is 0 Å². The lowest BCUT2D eigenvalue weighted by Crippen LogP contribution is -2.47. The van der Waals surface area contributed by atoms with Gasteiger partial charge < -0.3 is 5.32 Å². The quantitative estimate of drug-likeness (QED) is 0.875. The van der Waals surface area contributed by atoms with Crippen molar-refractivity contribution in [2.24, 2.45) is 0 Å². The number of nitrogens with zero attached hydrogens (tertiary/aromatic N) is 1. The molecule has 3 heterocycles. The van der Waals surface area contributed by atoms with Crippen LogP contribution < -0.4 is 10.6 Å². The molecule has 2 N–H and O–H groups in total. The number of hydrogen-bond donors (Lipinski definition) is 2. The summed E-state index contributed by atoms with van der Waals surface area (Å²) < 4.78 is 0. The highest BCUT2D eigenvalue weighted by Gasteiger charge is 2.39. The summed E-state index contributed by atoms with van der Waals surface area (Å²) in [6, 6.07) is 7.12. The zero-order chi connectivity index (χ0) is 14.4. The first-order valence-electron chi connectivity index (χ1n) is 8.14. The molecule has 0 saturated carbocycles. The summed E-state index contributed by atoms with van der Waals surface area (Å²) in [5.74, 6) is 0.102. The van der Waals surface area contributed by atoms with Crippen LogP contribution in [0.3, 0.4) is 0 Å². The van der Waals surface area contributed by atoms with Gasteiger partial charge in [0, 0.05) is 29.9 Å². The third-order valence-electron chi connectivity index (χ3n) is 5.27. The lowest BCUT2D eigenvalue weighted by atomic mass is 9.97. The largest absolute Gasteiger partial charge is 0.324 e. The van der Waals surface area contributed by atoms with Crippen LogP contribution in [-0.2, 0) is 4.79 Å². The molecule has 21 heavy (non-hydrogen) atoms. The van der Waals surface area contributed by atoms with Crippen molar-refractivity contribution in [2.75, 3.05) is 18.4 Å². The standard InChI is InChI=1S/C17H23N3O/c1-11-5-6-13-12(10-11)16(17(21)19-13)18-14-7-9-20-8-3-2-4-15(14)20/h5-6,10,14-16,18H,2-4,7-9H2,1H3,(H,19,21). The Labute approximate surface area is 125 Å². The molecule has 4 heteroatoms. The van der Waals surface area contributed by atoms with Crippen LogP contribution in [0.2, 0.25) is 0 Å². The Morgan fingerprint density at radius 3 is 3.05 bits per heavy atom. The number of amides is 1. The number of hydrogen-bond acceptors (Lipinski definition) is 3. The van der Waals surface area contributed by atoms with Crippen molar-refractivity contribution in [3.8, 4) is 0 Å². The highest BCUT2D eigenvalue weighted by molar-refractivity contribution is 6.02. The van der Waals surface area contributed by atoms with Crippen molar-refractivity contribution >= 4 is 11.6 Å². The molecule has 0 aliphatic carbocycles. The van der Waals surface area contributed by atoms with Gasteiger partial charge in [-0.3, -0.25) is 15.0 Å². The molecular weight excluding hydrogens is 262 g/mol. The Bertz CT molecular complexity index is 571. The maximum absolute atomic E-state index is 12.3. The van der Waals surface area contributed by atoms with Crippen LogP contribution in [0, 0.1) is 6.92 Å². The van der Waals surface area contributed by atoms with E-state index < -0.39 is 0 Å². The molecular formula is C17H23N3O. The molecule has 1 aromatic rings. The van der Waals surface area contributed by atoms with Crippen LogP contribution in [0.25, 0.3) is 0 Å². The molecule has 0 radical (unpaired) electrons. The first-order chi connectivity index (χ1) is 10.2. The van der Waals surface area contributed by atoms with Gasteiger partial charge in [0.25, 0.3) is 0 Å².